The Hall–Kier alpha value is -5.35. The van der Waals surface area contributed by atoms with Crippen LogP contribution in [0.4, 0.5) is 0 Å². The first-order valence-electron chi connectivity index (χ1n) is 13.1. The second kappa shape index (κ2) is 7.59. The molecule has 0 atom stereocenters. The topological polar surface area (TPSA) is 35.9 Å². The maximum absolute atomic E-state index is 5.67. The Balaban J connectivity index is 1.51. The molecule has 0 aliphatic heterocycles. The van der Waals surface area contributed by atoms with E-state index in [2.05, 4.69) is 129 Å². The predicted octanol–water partition coefficient (Wildman–Crippen LogP) is 9.18. The van der Waals surface area contributed by atoms with Gasteiger partial charge in [-0.15, -0.1) is 0 Å². The number of para-hydroxylation sites is 2. The lowest BCUT2D eigenvalue weighted by molar-refractivity contribution is 0.602. The summed E-state index contributed by atoms with van der Waals surface area (Å²) in [5.41, 5.74) is 8.61. The number of hydrogen-bond acceptors (Lipinski definition) is 2. The van der Waals surface area contributed by atoms with Crippen LogP contribution in [0, 0.1) is 0 Å². The van der Waals surface area contributed by atoms with Crippen molar-refractivity contribution in [3.05, 3.63) is 128 Å². The van der Waals surface area contributed by atoms with Crippen molar-refractivity contribution in [2.45, 2.75) is 0 Å². The van der Waals surface area contributed by atoms with Crippen molar-refractivity contribution >= 4 is 65.5 Å². The van der Waals surface area contributed by atoms with E-state index in [1.54, 1.807) is 0 Å². The molecule has 4 nitrogen and oxygen atoms in total. The average molecular weight is 500 g/mol. The first-order chi connectivity index (χ1) is 19.3. The Labute approximate surface area is 222 Å². The first-order valence-corrected chi connectivity index (χ1v) is 13.1. The van der Waals surface area contributed by atoms with Crippen molar-refractivity contribution in [1.82, 2.24) is 14.1 Å². The molecule has 0 amide bonds. The Morgan fingerprint density at radius 2 is 1.18 bits per heavy atom. The molecule has 0 unspecified atom stereocenters. The minimum Gasteiger partial charge on any atom is -0.443 e. The third-order valence-electron chi connectivity index (χ3n) is 8.02. The molecule has 0 fully saturated rings. The summed E-state index contributed by atoms with van der Waals surface area (Å²) in [4.78, 5) is 4.32. The van der Waals surface area contributed by atoms with E-state index in [9.17, 15) is 0 Å². The fourth-order valence-electron chi connectivity index (χ4n) is 6.37. The lowest BCUT2D eigenvalue weighted by Gasteiger charge is -2.09. The van der Waals surface area contributed by atoms with Crippen LogP contribution < -0.4 is 0 Å². The van der Waals surface area contributed by atoms with Crippen LogP contribution in [-0.4, -0.2) is 14.1 Å². The van der Waals surface area contributed by atoms with E-state index in [4.69, 9.17) is 4.42 Å². The van der Waals surface area contributed by atoms with Gasteiger partial charge in [-0.1, -0.05) is 60.7 Å². The molecule has 0 saturated carbocycles. The molecule has 0 bridgehead atoms. The SMILES string of the molecule is c1ccc(-n2c3cc4ccccc4cc3c3c4c5ccccc5n(-c5ccc6ncoc6c5)c4ccc32)cc1. The molecule has 0 aliphatic rings. The van der Waals surface area contributed by atoms with Gasteiger partial charge in [-0.25, -0.2) is 4.98 Å². The molecule has 0 spiro atoms. The van der Waals surface area contributed by atoms with Gasteiger partial charge in [-0.3, -0.25) is 0 Å². The van der Waals surface area contributed by atoms with Gasteiger partial charge in [0.1, 0.15) is 5.52 Å². The fraction of sp³-hybridized carbons (Fsp3) is 0. The molecule has 0 radical (unpaired) electrons. The summed E-state index contributed by atoms with van der Waals surface area (Å²) in [6, 6.07) is 43.5. The molecule has 0 N–H and O–H groups in total. The van der Waals surface area contributed by atoms with Crippen LogP contribution in [0.2, 0.25) is 0 Å². The van der Waals surface area contributed by atoms with Gasteiger partial charge < -0.3 is 13.6 Å². The molecular weight excluding hydrogens is 478 g/mol. The Morgan fingerprint density at radius 3 is 2.03 bits per heavy atom. The Morgan fingerprint density at radius 1 is 0.487 bits per heavy atom. The first kappa shape index (κ1) is 20.7. The lowest BCUT2D eigenvalue weighted by atomic mass is 10.0. The second-order valence-electron chi connectivity index (χ2n) is 10.1. The predicted molar refractivity (Wildman–Crippen MR) is 160 cm³/mol. The Kier molecular flexibility index (Phi) is 4.02. The van der Waals surface area contributed by atoms with Crippen LogP contribution in [0.25, 0.3) is 76.9 Å². The maximum Gasteiger partial charge on any atom is 0.181 e. The van der Waals surface area contributed by atoms with Crippen LogP contribution >= 0.6 is 0 Å². The number of nitrogens with zero attached hydrogens (tertiary/aromatic N) is 3. The van der Waals surface area contributed by atoms with Gasteiger partial charge in [-0.05, 0) is 65.4 Å². The third-order valence-corrected chi connectivity index (χ3v) is 8.02. The fourth-order valence-corrected chi connectivity index (χ4v) is 6.37. The summed E-state index contributed by atoms with van der Waals surface area (Å²) in [6.45, 7) is 0. The van der Waals surface area contributed by atoms with E-state index in [0.29, 0.717) is 0 Å². The van der Waals surface area contributed by atoms with Crippen molar-refractivity contribution < 1.29 is 4.42 Å². The van der Waals surface area contributed by atoms with E-state index in [0.717, 1.165) is 22.5 Å². The van der Waals surface area contributed by atoms with Gasteiger partial charge in [0, 0.05) is 33.3 Å². The van der Waals surface area contributed by atoms with Crippen molar-refractivity contribution in [3.8, 4) is 11.4 Å². The van der Waals surface area contributed by atoms with E-state index < -0.39 is 0 Å². The van der Waals surface area contributed by atoms with Crippen LogP contribution in [0.3, 0.4) is 0 Å². The summed E-state index contributed by atoms with van der Waals surface area (Å²) in [5, 5.41) is 7.50. The average Bonchev–Trinajstić information content (AvgIpc) is 3.68. The van der Waals surface area contributed by atoms with Gasteiger partial charge in [0.2, 0.25) is 0 Å². The van der Waals surface area contributed by atoms with Crippen LogP contribution in [0.15, 0.2) is 132 Å². The van der Waals surface area contributed by atoms with Gasteiger partial charge in [0.15, 0.2) is 12.0 Å². The number of rotatable bonds is 2. The zero-order chi connectivity index (χ0) is 25.5. The molecule has 182 valence electrons. The van der Waals surface area contributed by atoms with E-state index in [-0.39, 0.29) is 0 Å². The summed E-state index contributed by atoms with van der Waals surface area (Å²) in [5.74, 6) is 0. The highest BCUT2D eigenvalue weighted by atomic mass is 16.3. The molecule has 9 aromatic rings. The van der Waals surface area contributed by atoms with Gasteiger partial charge >= 0.3 is 0 Å². The Bertz CT molecular complexity index is 2390. The number of benzene rings is 6. The zero-order valence-electron chi connectivity index (χ0n) is 20.9. The van der Waals surface area contributed by atoms with Crippen molar-refractivity contribution in [3.63, 3.8) is 0 Å². The largest absolute Gasteiger partial charge is 0.443 e. The van der Waals surface area contributed by atoms with E-state index >= 15 is 0 Å². The molecule has 4 heteroatoms. The number of fused-ring (bicyclic) bond motifs is 9. The third kappa shape index (κ3) is 2.80. The van der Waals surface area contributed by atoms with Crippen molar-refractivity contribution in [2.24, 2.45) is 0 Å². The van der Waals surface area contributed by atoms with Crippen LogP contribution in [0.1, 0.15) is 0 Å². The normalized spacial score (nSPS) is 12.1. The number of aromatic nitrogens is 3. The van der Waals surface area contributed by atoms with Gasteiger partial charge in [-0.2, -0.15) is 0 Å². The highest BCUT2D eigenvalue weighted by molar-refractivity contribution is 6.29. The van der Waals surface area contributed by atoms with Gasteiger partial charge in [0.05, 0.1) is 27.8 Å². The minimum atomic E-state index is 0.784. The molecule has 3 aromatic heterocycles. The maximum atomic E-state index is 5.67. The standard InChI is InChI=1S/C35H21N3O/c1-2-10-24(11-3-1)37-31-17-16-30-34(35(31)27-18-22-8-4-5-9-23(22)19-32(27)37)26-12-6-7-13-29(26)38(30)25-14-15-28-33(20-25)39-21-36-28/h1-21H. The van der Waals surface area contributed by atoms with Crippen molar-refractivity contribution in [1.29, 1.82) is 0 Å². The molecule has 9 rings (SSSR count). The summed E-state index contributed by atoms with van der Waals surface area (Å²) in [7, 11) is 0. The van der Waals surface area contributed by atoms with Gasteiger partial charge in [0.25, 0.3) is 0 Å². The van der Waals surface area contributed by atoms with Crippen LogP contribution in [0.5, 0.6) is 0 Å². The molecule has 3 heterocycles. The molecular formula is C35H21N3O. The quantitative estimate of drug-likeness (QED) is 0.238. The lowest BCUT2D eigenvalue weighted by Crippen LogP contribution is -1.94. The summed E-state index contributed by atoms with van der Waals surface area (Å²) >= 11 is 0. The highest BCUT2D eigenvalue weighted by Gasteiger charge is 2.21. The molecule has 6 aromatic carbocycles. The molecule has 39 heavy (non-hydrogen) atoms. The van der Waals surface area contributed by atoms with Crippen LogP contribution in [-0.2, 0) is 0 Å². The van der Waals surface area contributed by atoms with Crippen molar-refractivity contribution in [2.75, 3.05) is 0 Å². The number of oxazole rings is 1. The smallest absolute Gasteiger partial charge is 0.181 e. The molecule has 0 saturated heterocycles. The minimum absolute atomic E-state index is 0.784. The molecule has 0 aliphatic carbocycles. The number of hydrogen-bond donors (Lipinski definition) is 0. The summed E-state index contributed by atoms with van der Waals surface area (Å²) < 4.78 is 10.4. The zero-order valence-corrected chi connectivity index (χ0v) is 20.9. The van der Waals surface area contributed by atoms with E-state index in [1.807, 2.05) is 6.07 Å². The highest BCUT2D eigenvalue weighted by Crippen LogP contribution is 2.43. The second-order valence-corrected chi connectivity index (χ2v) is 10.1. The monoisotopic (exact) mass is 499 g/mol. The van der Waals surface area contributed by atoms with E-state index in [1.165, 1.54) is 60.8 Å². The summed E-state index contributed by atoms with van der Waals surface area (Å²) in [6.07, 6.45) is 1.51.